The molecule has 0 saturated carbocycles. The highest BCUT2D eigenvalue weighted by Gasteiger charge is 2.17. The molecular weight excluding hydrogens is 307 g/mol. The fourth-order valence-electron chi connectivity index (χ4n) is 1.34. The average Bonchev–Trinajstić information content (AvgIpc) is 2.33. The molecule has 1 aromatic rings. The zero-order chi connectivity index (χ0) is 13.7. The smallest absolute Gasteiger partial charge is 0.252 e. The van der Waals surface area contributed by atoms with Crippen molar-refractivity contribution in [2.45, 2.75) is 6.04 Å². The van der Waals surface area contributed by atoms with Gasteiger partial charge in [0.05, 0.1) is 30.5 Å². The molecule has 1 aromatic carbocycles. The van der Waals surface area contributed by atoms with Crippen LogP contribution in [0.1, 0.15) is 10.4 Å². The van der Waals surface area contributed by atoms with E-state index in [-0.39, 0.29) is 24.5 Å². The summed E-state index contributed by atoms with van der Waals surface area (Å²) >= 11 is 3.08. The van der Waals surface area contributed by atoms with E-state index in [1.807, 2.05) is 0 Å². The molecule has 0 bridgehead atoms. The number of aliphatic hydroxyl groups is 1. The van der Waals surface area contributed by atoms with Crippen LogP contribution < -0.4 is 11.1 Å². The number of carbonyl (C=O) groups excluding carboxylic acids is 1. The standard InChI is InChI=1S/C11H14BrFN2O3/c1-18-5-6(4-16)15-11(17)7-2-10(14)9(13)3-8(7)12/h2-3,6,16H,4-5,14H2,1H3,(H,15,17). The minimum Gasteiger partial charge on any atom is -0.396 e. The van der Waals surface area contributed by atoms with Crippen molar-refractivity contribution in [1.29, 1.82) is 0 Å². The maximum Gasteiger partial charge on any atom is 0.252 e. The molecule has 4 N–H and O–H groups in total. The molecule has 0 fully saturated rings. The van der Waals surface area contributed by atoms with Crippen molar-refractivity contribution in [1.82, 2.24) is 5.32 Å². The predicted molar refractivity (Wildman–Crippen MR) is 68.7 cm³/mol. The van der Waals surface area contributed by atoms with Gasteiger partial charge >= 0.3 is 0 Å². The molecule has 7 heteroatoms. The van der Waals surface area contributed by atoms with Gasteiger partial charge in [0.25, 0.3) is 5.91 Å². The van der Waals surface area contributed by atoms with Gasteiger partial charge in [-0.15, -0.1) is 0 Å². The molecule has 0 heterocycles. The molecule has 1 atom stereocenters. The van der Waals surface area contributed by atoms with Crippen molar-refractivity contribution >= 4 is 27.5 Å². The van der Waals surface area contributed by atoms with Gasteiger partial charge in [-0.1, -0.05) is 0 Å². The third-order valence-corrected chi connectivity index (χ3v) is 2.91. The second-order valence-corrected chi connectivity index (χ2v) is 4.52. The lowest BCUT2D eigenvalue weighted by molar-refractivity contribution is 0.0839. The lowest BCUT2D eigenvalue weighted by atomic mass is 10.1. The first kappa shape index (κ1) is 14.9. The largest absolute Gasteiger partial charge is 0.396 e. The van der Waals surface area contributed by atoms with Crippen LogP contribution in [0.5, 0.6) is 0 Å². The summed E-state index contributed by atoms with van der Waals surface area (Å²) in [6.07, 6.45) is 0. The van der Waals surface area contributed by atoms with Crippen LogP contribution in [0.2, 0.25) is 0 Å². The van der Waals surface area contributed by atoms with Gasteiger partial charge in [-0.3, -0.25) is 4.79 Å². The number of nitrogen functional groups attached to an aromatic ring is 1. The molecule has 1 rings (SSSR count). The van der Waals surface area contributed by atoms with E-state index in [0.717, 1.165) is 6.07 Å². The summed E-state index contributed by atoms with van der Waals surface area (Å²) in [6, 6.07) is 1.82. The quantitative estimate of drug-likeness (QED) is 0.704. The summed E-state index contributed by atoms with van der Waals surface area (Å²) in [6.45, 7) is -0.0790. The first-order valence-corrected chi connectivity index (χ1v) is 5.94. The predicted octanol–water partition coefficient (Wildman–Crippen LogP) is 0.907. The Morgan fingerprint density at radius 2 is 2.33 bits per heavy atom. The van der Waals surface area contributed by atoms with Gasteiger partial charge in [-0.2, -0.15) is 0 Å². The molecule has 0 aliphatic heterocycles. The van der Waals surface area contributed by atoms with Gasteiger partial charge in [0, 0.05) is 11.6 Å². The Labute approximate surface area is 112 Å². The maximum atomic E-state index is 13.1. The van der Waals surface area contributed by atoms with Crippen LogP contribution in [-0.2, 0) is 4.74 Å². The summed E-state index contributed by atoms with van der Waals surface area (Å²) < 4.78 is 18.3. The highest BCUT2D eigenvalue weighted by molar-refractivity contribution is 9.10. The third kappa shape index (κ3) is 3.66. The molecule has 0 radical (unpaired) electrons. The Kier molecular flexibility index (Phi) is 5.52. The maximum absolute atomic E-state index is 13.1. The minimum absolute atomic E-state index is 0.115. The molecular formula is C11H14BrFN2O3. The number of anilines is 1. The molecule has 0 saturated heterocycles. The molecule has 18 heavy (non-hydrogen) atoms. The van der Waals surface area contributed by atoms with Crippen LogP contribution in [0.3, 0.4) is 0 Å². The SMILES string of the molecule is COCC(CO)NC(=O)c1cc(N)c(F)cc1Br. The fourth-order valence-corrected chi connectivity index (χ4v) is 1.84. The normalized spacial score (nSPS) is 12.2. The van der Waals surface area contributed by atoms with Crippen LogP contribution in [0, 0.1) is 5.82 Å². The molecule has 1 amide bonds. The van der Waals surface area contributed by atoms with Crippen molar-refractivity contribution in [3.05, 3.63) is 28.0 Å². The zero-order valence-corrected chi connectivity index (χ0v) is 11.3. The van der Waals surface area contributed by atoms with Gasteiger partial charge in [-0.05, 0) is 28.1 Å². The number of nitrogens with one attached hydrogen (secondary N) is 1. The first-order valence-electron chi connectivity index (χ1n) is 5.14. The Bertz CT molecular complexity index is 443. The number of amides is 1. The number of carbonyl (C=O) groups is 1. The highest BCUT2D eigenvalue weighted by atomic mass is 79.9. The summed E-state index contributed by atoms with van der Waals surface area (Å²) in [4.78, 5) is 11.9. The molecule has 100 valence electrons. The molecule has 0 spiro atoms. The van der Waals surface area contributed by atoms with Crippen molar-refractivity contribution < 1.29 is 19.0 Å². The van der Waals surface area contributed by atoms with E-state index in [2.05, 4.69) is 21.2 Å². The Morgan fingerprint density at radius 3 is 2.89 bits per heavy atom. The van der Waals surface area contributed by atoms with Crippen LogP contribution in [0.4, 0.5) is 10.1 Å². The van der Waals surface area contributed by atoms with Gasteiger partial charge in [0.2, 0.25) is 0 Å². The van der Waals surface area contributed by atoms with Crippen LogP contribution in [0.25, 0.3) is 0 Å². The van der Waals surface area contributed by atoms with Gasteiger partial charge in [0.1, 0.15) is 5.82 Å². The number of benzene rings is 1. The summed E-state index contributed by atoms with van der Waals surface area (Å²) in [5.41, 5.74) is 5.48. The molecule has 0 aliphatic carbocycles. The molecule has 1 unspecified atom stereocenters. The lowest BCUT2D eigenvalue weighted by Crippen LogP contribution is -2.40. The fraction of sp³-hybridized carbons (Fsp3) is 0.364. The van der Waals surface area contributed by atoms with E-state index in [1.165, 1.54) is 13.2 Å². The number of hydrogen-bond acceptors (Lipinski definition) is 4. The topological polar surface area (TPSA) is 84.6 Å². The average molecular weight is 321 g/mol. The van der Waals surface area contributed by atoms with Gasteiger partial charge in [0.15, 0.2) is 0 Å². The van der Waals surface area contributed by atoms with Crippen LogP contribution >= 0.6 is 15.9 Å². The van der Waals surface area contributed by atoms with E-state index in [9.17, 15) is 9.18 Å². The highest BCUT2D eigenvalue weighted by Crippen LogP contribution is 2.22. The van der Waals surface area contributed by atoms with Crippen molar-refractivity contribution in [2.24, 2.45) is 0 Å². The number of rotatable bonds is 5. The van der Waals surface area contributed by atoms with E-state index in [4.69, 9.17) is 15.6 Å². The van der Waals surface area contributed by atoms with Gasteiger partial charge in [-0.25, -0.2) is 4.39 Å². The Morgan fingerprint density at radius 1 is 1.67 bits per heavy atom. The number of nitrogens with two attached hydrogens (primary N) is 1. The van der Waals surface area contributed by atoms with E-state index in [0.29, 0.717) is 4.47 Å². The monoisotopic (exact) mass is 320 g/mol. The van der Waals surface area contributed by atoms with Crippen molar-refractivity contribution in [3.63, 3.8) is 0 Å². The Balaban J connectivity index is 2.87. The molecule has 0 aliphatic rings. The molecule has 5 nitrogen and oxygen atoms in total. The summed E-state index contributed by atoms with van der Waals surface area (Å²) in [7, 11) is 1.46. The first-order chi connectivity index (χ1) is 8.49. The van der Waals surface area contributed by atoms with Gasteiger partial charge < -0.3 is 20.9 Å². The zero-order valence-electron chi connectivity index (χ0n) is 9.74. The van der Waals surface area contributed by atoms with Crippen molar-refractivity contribution in [2.75, 3.05) is 26.1 Å². The summed E-state index contributed by atoms with van der Waals surface area (Å²) in [5, 5.41) is 11.6. The van der Waals surface area contributed by atoms with E-state index < -0.39 is 17.8 Å². The van der Waals surface area contributed by atoms with Crippen molar-refractivity contribution in [3.8, 4) is 0 Å². The number of halogens is 2. The van der Waals surface area contributed by atoms with E-state index in [1.54, 1.807) is 0 Å². The number of ether oxygens (including phenoxy) is 1. The third-order valence-electron chi connectivity index (χ3n) is 2.25. The van der Waals surface area contributed by atoms with Crippen LogP contribution in [0.15, 0.2) is 16.6 Å². The minimum atomic E-state index is -0.603. The summed E-state index contributed by atoms with van der Waals surface area (Å²) in [5.74, 6) is -1.07. The Hall–Kier alpha value is -1.18. The number of methoxy groups -OCH3 is 1. The van der Waals surface area contributed by atoms with E-state index >= 15 is 0 Å². The second-order valence-electron chi connectivity index (χ2n) is 3.66. The lowest BCUT2D eigenvalue weighted by Gasteiger charge is -2.16. The number of hydrogen-bond donors (Lipinski definition) is 3. The van der Waals surface area contributed by atoms with Crippen LogP contribution in [-0.4, -0.2) is 37.4 Å². The second kappa shape index (κ2) is 6.67. The number of aliphatic hydroxyl groups excluding tert-OH is 1. The molecule has 0 aromatic heterocycles.